The van der Waals surface area contributed by atoms with Crippen molar-refractivity contribution >= 4 is 29.0 Å². The number of anilines is 2. The monoisotopic (exact) mass is 309 g/mol. The van der Waals surface area contributed by atoms with Gasteiger partial charge < -0.3 is 10.6 Å². The van der Waals surface area contributed by atoms with Crippen LogP contribution >= 0.6 is 0 Å². The van der Waals surface area contributed by atoms with E-state index in [9.17, 15) is 9.59 Å². The van der Waals surface area contributed by atoms with Crippen LogP contribution in [0.2, 0.25) is 0 Å². The molecule has 0 bridgehead atoms. The van der Waals surface area contributed by atoms with Gasteiger partial charge in [-0.05, 0) is 30.7 Å². The third-order valence-corrected chi connectivity index (χ3v) is 3.34. The maximum absolute atomic E-state index is 12.4. The average Bonchev–Trinajstić information content (AvgIpc) is 2.98. The number of hydrogen-bond acceptors (Lipinski definition) is 4. The molecule has 0 aliphatic rings. The van der Waals surface area contributed by atoms with E-state index in [1.807, 2.05) is 6.92 Å². The highest BCUT2D eigenvalue weighted by Gasteiger charge is 2.11. The maximum Gasteiger partial charge on any atom is 0.256 e. The van der Waals surface area contributed by atoms with Crippen LogP contribution in [-0.4, -0.2) is 26.4 Å². The van der Waals surface area contributed by atoms with E-state index in [1.54, 1.807) is 47.2 Å². The highest BCUT2D eigenvalue weighted by atomic mass is 16.2. The highest BCUT2D eigenvalue weighted by Crippen LogP contribution is 2.18. The molecule has 2 aromatic heterocycles. The number of amides is 2. The lowest BCUT2D eigenvalue weighted by molar-refractivity contribution is -0.114. The topological polar surface area (TPSA) is 88.4 Å². The lowest BCUT2D eigenvalue weighted by Gasteiger charge is -2.10. The summed E-state index contributed by atoms with van der Waals surface area (Å²) in [6, 6.07) is 8.55. The second kappa shape index (κ2) is 5.88. The molecule has 0 saturated heterocycles. The standard InChI is InChI=1S/C16H15N5O2/c1-10-3-4-12(9-13(10)19-11(2)22)16(23)20-15-5-7-17-14-6-8-18-21(14)15/h3-9H,1-2H3,(H,19,22)(H,20,23). The first-order valence-electron chi connectivity index (χ1n) is 7.03. The Hall–Kier alpha value is -3.22. The zero-order chi connectivity index (χ0) is 16.4. The summed E-state index contributed by atoms with van der Waals surface area (Å²) >= 11 is 0. The molecule has 7 heteroatoms. The minimum absolute atomic E-state index is 0.182. The average molecular weight is 309 g/mol. The Balaban J connectivity index is 1.89. The van der Waals surface area contributed by atoms with Crippen LogP contribution < -0.4 is 10.6 Å². The number of nitrogens with one attached hydrogen (secondary N) is 2. The Morgan fingerprint density at radius 3 is 2.70 bits per heavy atom. The van der Waals surface area contributed by atoms with Gasteiger partial charge in [0.1, 0.15) is 5.82 Å². The third kappa shape index (κ3) is 3.03. The Labute approximate surface area is 132 Å². The van der Waals surface area contributed by atoms with Gasteiger partial charge in [-0.3, -0.25) is 9.59 Å². The molecule has 3 aromatic rings. The first kappa shape index (κ1) is 14.7. The summed E-state index contributed by atoms with van der Waals surface area (Å²) in [6.45, 7) is 3.29. The molecule has 2 N–H and O–H groups in total. The molecule has 2 amide bonds. The van der Waals surface area contributed by atoms with Crippen LogP contribution in [0.15, 0.2) is 42.7 Å². The second-order valence-corrected chi connectivity index (χ2v) is 5.10. The summed E-state index contributed by atoms with van der Waals surface area (Å²) < 4.78 is 1.54. The van der Waals surface area contributed by atoms with Crippen molar-refractivity contribution in [1.82, 2.24) is 14.6 Å². The number of carbonyl (C=O) groups excluding carboxylic acids is 2. The van der Waals surface area contributed by atoms with Gasteiger partial charge in [-0.15, -0.1) is 0 Å². The zero-order valence-corrected chi connectivity index (χ0v) is 12.7. The van der Waals surface area contributed by atoms with Gasteiger partial charge in [-0.25, -0.2) is 4.98 Å². The molecule has 0 aliphatic heterocycles. The van der Waals surface area contributed by atoms with Gasteiger partial charge in [0.05, 0.1) is 6.20 Å². The summed E-state index contributed by atoms with van der Waals surface area (Å²) in [7, 11) is 0. The molecular weight excluding hydrogens is 294 g/mol. The van der Waals surface area contributed by atoms with Gasteiger partial charge in [-0.2, -0.15) is 9.61 Å². The quantitative estimate of drug-likeness (QED) is 0.776. The van der Waals surface area contributed by atoms with Crippen molar-refractivity contribution in [3.8, 4) is 0 Å². The molecular formula is C16H15N5O2. The maximum atomic E-state index is 12.4. The van der Waals surface area contributed by atoms with Crippen LogP contribution in [-0.2, 0) is 4.79 Å². The Bertz CT molecular complexity index is 900. The molecule has 23 heavy (non-hydrogen) atoms. The number of hydrogen-bond donors (Lipinski definition) is 2. The summed E-state index contributed by atoms with van der Waals surface area (Å²) in [5.74, 6) is 0.0456. The van der Waals surface area contributed by atoms with E-state index in [4.69, 9.17) is 0 Å². The normalized spacial score (nSPS) is 10.5. The molecule has 0 unspecified atom stereocenters. The van der Waals surface area contributed by atoms with Crippen LogP contribution in [0, 0.1) is 6.92 Å². The van der Waals surface area contributed by atoms with E-state index < -0.39 is 0 Å². The van der Waals surface area contributed by atoms with Gasteiger partial charge in [-0.1, -0.05) is 6.07 Å². The fraction of sp³-hybridized carbons (Fsp3) is 0.125. The fourth-order valence-corrected chi connectivity index (χ4v) is 2.21. The second-order valence-electron chi connectivity index (χ2n) is 5.10. The molecule has 116 valence electrons. The van der Waals surface area contributed by atoms with E-state index in [-0.39, 0.29) is 11.8 Å². The van der Waals surface area contributed by atoms with Gasteiger partial charge in [0.25, 0.3) is 5.91 Å². The molecule has 3 rings (SSSR count). The largest absolute Gasteiger partial charge is 0.326 e. The van der Waals surface area contributed by atoms with E-state index in [0.717, 1.165) is 5.56 Å². The first-order valence-corrected chi connectivity index (χ1v) is 7.03. The minimum atomic E-state index is -0.292. The van der Waals surface area contributed by atoms with Gasteiger partial charge in [0.15, 0.2) is 5.65 Å². The SMILES string of the molecule is CC(=O)Nc1cc(C(=O)Nc2ccnc3ccnn23)ccc1C. The van der Waals surface area contributed by atoms with E-state index in [2.05, 4.69) is 20.7 Å². The fourth-order valence-electron chi connectivity index (χ4n) is 2.21. The number of aryl methyl sites for hydroxylation is 1. The van der Waals surface area contributed by atoms with Crippen LogP contribution in [0.3, 0.4) is 0 Å². The van der Waals surface area contributed by atoms with E-state index >= 15 is 0 Å². The van der Waals surface area contributed by atoms with Crippen LogP contribution in [0.1, 0.15) is 22.8 Å². The van der Waals surface area contributed by atoms with Crippen LogP contribution in [0.4, 0.5) is 11.5 Å². The smallest absolute Gasteiger partial charge is 0.256 e. The third-order valence-electron chi connectivity index (χ3n) is 3.34. The lowest BCUT2D eigenvalue weighted by Crippen LogP contribution is -2.16. The molecule has 0 aliphatic carbocycles. The molecule has 0 fully saturated rings. The van der Waals surface area contributed by atoms with Crippen LogP contribution in [0.25, 0.3) is 5.65 Å². The molecule has 0 radical (unpaired) electrons. The van der Waals surface area contributed by atoms with Crippen molar-refractivity contribution in [2.45, 2.75) is 13.8 Å². The first-order chi connectivity index (χ1) is 11.0. The summed E-state index contributed by atoms with van der Waals surface area (Å²) in [4.78, 5) is 27.8. The van der Waals surface area contributed by atoms with Crippen molar-refractivity contribution in [2.24, 2.45) is 0 Å². The van der Waals surface area contributed by atoms with Crippen molar-refractivity contribution in [3.63, 3.8) is 0 Å². The number of aromatic nitrogens is 3. The predicted octanol–water partition coefficient (Wildman–Crippen LogP) is 2.25. The number of carbonyl (C=O) groups is 2. The van der Waals surface area contributed by atoms with Crippen molar-refractivity contribution in [1.29, 1.82) is 0 Å². The molecule has 0 atom stereocenters. The van der Waals surface area contributed by atoms with E-state index in [0.29, 0.717) is 22.7 Å². The highest BCUT2D eigenvalue weighted by molar-refractivity contribution is 6.05. The molecule has 2 heterocycles. The van der Waals surface area contributed by atoms with Gasteiger partial charge in [0.2, 0.25) is 5.91 Å². The Morgan fingerprint density at radius 1 is 1.09 bits per heavy atom. The molecule has 0 saturated carbocycles. The summed E-state index contributed by atoms with van der Waals surface area (Å²) in [6.07, 6.45) is 3.21. The summed E-state index contributed by atoms with van der Waals surface area (Å²) in [5, 5.41) is 9.63. The Kier molecular flexibility index (Phi) is 3.76. The molecule has 0 spiro atoms. The predicted molar refractivity (Wildman–Crippen MR) is 86.4 cm³/mol. The Morgan fingerprint density at radius 2 is 1.91 bits per heavy atom. The molecule has 7 nitrogen and oxygen atoms in total. The van der Waals surface area contributed by atoms with Crippen molar-refractivity contribution in [2.75, 3.05) is 10.6 Å². The summed E-state index contributed by atoms with van der Waals surface area (Å²) in [5.41, 5.74) is 2.58. The van der Waals surface area contributed by atoms with Gasteiger partial charge in [0, 0.05) is 30.4 Å². The lowest BCUT2D eigenvalue weighted by atomic mass is 10.1. The number of benzene rings is 1. The van der Waals surface area contributed by atoms with E-state index in [1.165, 1.54) is 6.92 Å². The minimum Gasteiger partial charge on any atom is -0.326 e. The zero-order valence-electron chi connectivity index (χ0n) is 12.7. The van der Waals surface area contributed by atoms with Crippen LogP contribution in [0.5, 0.6) is 0 Å². The number of nitrogens with zero attached hydrogens (tertiary/aromatic N) is 3. The van der Waals surface area contributed by atoms with Crippen molar-refractivity contribution < 1.29 is 9.59 Å². The number of rotatable bonds is 3. The number of fused-ring (bicyclic) bond motifs is 1. The molecule has 1 aromatic carbocycles. The van der Waals surface area contributed by atoms with Gasteiger partial charge >= 0.3 is 0 Å². The van der Waals surface area contributed by atoms with Crippen molar-refractivity contribution in [3.05, 3.63) is 53.9 Å².